The van der Waals surface area contributed by atoms with Crippen molar-refractivity contribution in [2.75, 3.05) is 0 Å². The summed E-state index contributed by atoms with van der Waals surface area (Å²) in [6.45, 7) is 3.58. The fourth-order valence-corrected chi connectivity index (χ4v) is 3.25. The molecule has 3 heterocycles. The molecule has 2 aromatic heterocycles. The smallest absolute Gasteiger partial charge is 0.149 e. The molecule has 3 aromatic rings. The van der Waals surface area contributed by atoms with Gasteiger partial charge < -0.3 is 9.88 Å². The van der Waals surface area contributed by atoms with Gasteiger partial charge in [-0.2, -0.15) is 5.10 Å². The lowest BCUT2D eigenvalue weighted by atomic mass is 10.1. The van der Waals surface area contributed by atoms with Gasteiger partial charge in [0, 0.05) is 32.0 Å². The van der Waals surface area contributed by atoms with Crippen LogP contribution in [0.3, 0.4) is 0 Å². The highest BCUT2D eigenvalue weighted by Gasteiger charge is 2.21. The molecular formula is C17H20FN7. The third-order valence-corrected chi connectivity index (χ3v) is 4.61. The van der Waals surface area contributed by atoms with Crippen molar-refractivity contribution >= 4 is 0 Å². The molecule has 0 aliphatic carbocycles. The molecule has 7 nitrogen and oxygen atoms in total. The van der Waals surface area contributed by atoms with Gasteiger partial charge >= 0.3 is 0 Å². The fraction of sp³-hybridized carbons (Fsp3) is 0.412. The van der Waals surface area contributed by atoms with Crippen molar-refractivity contribution in [3.63, 3.8) is 0 Å². The first kappa shape index (κ1) is 15.9. The van der Waals surface area contributed by atoms with Gasteiger partial charge in [0.05, 0.1) is 0 Å². The van der Waals surface area contributed by atoms with Crippen LogP contribution in [0.15, 0.2) is 30.9 Å². The maximum Gasteiger partial charge on any atom is 0.149 e. The summed E-state index contributed by atoms with van der Waals surface area (Å²) in [5.41, 5.74) is 1.31. The van der Waals surface area contributed by atoms with Gasteiger partial charge in [-0.1, -0.05) is 13.0 Å². The Morgan fingerprint density at radius 1 is 1.32 bits per heavy atom. The van der Waals surface area contributed by atoms with E-state index in [1.165, 1.54) is 17.3 Å². The molecule has 1 aliphatic heterocycles. The third-order valence-electron chi connectivity index (χ3n) is 4.61. The Kier molecular flexibility index (Phi) is 4.27. The minimum atomic E-state index is -0.303. The summed E-state index contributed by atoms with van der Waals surface area (Å²) >= 11 is 0. The van der Waals surface area contributed by atoms with Gasteiger partial charge in [-0.15, -0.1) is 10.2 Å². The minimum Gasteiger partial charge on any atom is -0.313 e. The van der Waals surface area contributed by atoms with E-state index >= 15 is 0 Å². The molecule has 0 radical (unpaired) electrons. The first-order valence-electron chi connectivity index (χ1n) is 8.52. The Bertz CT molecular complexity index is 843. The van der Waals surface area contributed by atoms with Crippen LogP contribution >= 0.6 is 0 Å². The molecule has 0 unspecified atom stereocenters. The molecule has 130 valence electrons. The van der Waals surface area contributed by atoms with E-state index in [0.29, 0.717) is 18.3 Å². The second kappa shape index (κ2) is 6.72. The summed E-state index contributed by atoms with van der Waals surface area (Å²) in [6, 6.07) is 5.54. The molecule has 1 atom stereocenters. The zero-order chi connectivity index (χ0) is 17.2. The Morgan fingerprint density at radius 3 is 3.00 bits per heavy atom. The van der Waals surface area contributed by atoms with E-state index < -0.39 is 0 Å². The first-order valence-corrected chi connectivity index (χ1v) is 8.52. The van der Waals surface area contributed by atoms with Crippen molar-refractivity contribution in [2.45, 2.75) is 45.3 Å². The van der Waals surface area contributed by atoms with Crippen LogP contribution in [0.5, 0.6) is 0 Å². The molecule has 1 aromatic carbocycles. The maximum absolute atomic E-state index is 14.3. The SMILES string of the molecule is CCc1nnc2n1C[C@H](NCc1ccc(-n3cncn3)c(F)c1)CC2. The number of halogens is 1. The van der Waals surface area contributed by atoms with Crippen molar-refractivity contribution in [3.8, 4) is 5.69 Å². The van der Waals surface area contributed by atoms with Crippen molar-refractivity contribution in [2.24, 2.45) is 0 Å². The van der Waals surface area contributed by atoms with Gasteiger partial charge in [0.25, 0.3) is 0 Å². The molecule has 0 spiro atoms. The van der Waals surface area contributed by atoms with Crippen molar-refractivity contribution < 1.29 is 4.39 Å². The summed E-state index contributed by atoms with van der Waals surface area (Å²) in [6.07, 6.45) is 5.70. The van der Waals surface area contributed by atoms with Crippen LogP contribution in [0.25, 0.3) is 5.69 Å². The number of aryl methyl sites for hydroxylation is 2. The minimum absolute atomic E-state index is 0.303. The number of fused-ring (bicyclic) bond motifs is 1. The van der Waals surface area contributed by atoms with Crippen molar-refractivity contribution in [1.29, 1.82) is 0 Å². The summed E-state index contributed by atoms with van der Waals surface area (Å²) in [7, 11) is 0. The lowest BCUT2D eigenvalue weighted by Gasteiger charge is -2.25. The highest BCUT2D eigenvalue weighted by Crippen LogP contribution is 2.17. The van der Waals surface area contributed by atoms with E-state index in [0.717, 1.165) is 43.0 Å². The van der Waals surface area contributed by atoms with Crippen LogP contribution in [0.1, 0.15) is 30.6 Å². The van der Waals surface area contributed by atoms with Crippen LogP contribution in [0.2, 0.25) is 0 Å². The van der Waals surface area contributed by atoms with E-state index in [2.05, 4.69) is 37.1 Å². The quantitative estimate of drug-likeness (QED) is 0.764. The summed E-state index contributed by atoms with van der Waals surface area (Å²) in [5, 5.41) is 16.0. The number of hydrogen-bond acceptors (Lipinski definition) is 5. The van der Waals surface area contributed by atoms with E-state index in [9.17, 15) is 4.39 Å². The number of nitrogens with one attached hydrogen (secondary N) is 1. The van der Waals surface area contributed by atoms with E-state index in [4.69, 9.17) is 0 Å². The highest BCUT2D eigenvalue weighted by atomic mass is 19.1. The summed E-state index contributed by atoms with van der Waals surface area (Å²) in [5.74, 6) is 1.80. The number of benzene rings is 1. The Morgan fingerprint density at radius 2 is 2.24 bits per heavy atom. The summed E-state index contributed by atoms with van der Waals surface area (Å²) in [4.78, 5) is 3.85. The molecule has 8 heteroatoms. The monoisotopic (exact) mass is 341 g/mol. The zero-order valence-corrected chi connectivity index (χ0v) is 14.1. The molecule has 0 saturated heterocycles. The van der Waals surface area contributed by atoms with Gasteiger partial charge in [-0.05, 0) is 24.1 Å². The average molecular weight is 341 g/mol. The molecule has 4 rings (SSSR count). The predicted molar refractivity (Wildman–Crippen MR) is 89.7 cm³/mol. The van der Waals surface area contributed by atoms with Gasteiger partial charge in [-0.3, -0.25) is 0 Å². The van der Waals surface area contributed by atoms with Crippen molar-refractivity contribution in [1.82, 2.24) is 34.8 Å². The number of aromatic nitrogens is 6. The van der Waals surface area contributed by atoms with Gasteiger partial charge in [0.2, 0.25) is 0 Å². The van der Waals surface area contributed by atoms with Gasteiger partial charge in [0.15, 0.2) is 0 Å². The molecule has 25 heavy (non-hydrogen) atoms. The number of rotatable bonds is 5. The maximum atomic E-state index is 14.3. The normalized spacial score (nSPS) is 16.8. The lowest BCUT2D eigenvalue weighted by molar-refractivity contribution is 0.373. The first-order chi connectivity index (χ1) is 12.2. The Hall–Kier alpha value is -2.61. The van der Waals surface area contributed by atoms with Crippen LogP contribution in [-0.2, 0) is 25.9 Å². The molecule has 0 amide bonds. The Balaban J connectivity index is 1.41. The van der Waals surface area contributed by atoms with E-state index in [-0.39, 0.29) is 5.82 Å². The second-order valence-corrected chi connectivity index (χ2v) is 6.24. The molecule has 0 bridgehead atoms. The molecule has 1 N–H and O–H groups in total. The standard InChI is InChI=1S/C17H20FN7/c1-2-16-22-23-17-6-4-13(9-24(16)17)20-8-12-3-5-15(14(18)7-12)25-11-19-10-21-25/h3,5,7,10-11,13,20H,2,4,6,8-9H2,1H3/t13-/m1/s1. The zero-order valence-electron chi connectivity index (χ0n) is 14.1. The topological polar surface area (TPSA) is 73.5 Å². The molecule has 1 aliphatic rings. The van der Waals surface area contributed by atoms with E-state index in [1.54, 1.807) is 12.1 Å². The van der Waals surface area contributed by atoms with Crippen LogP contribution in [0, 0.1) is 5.82 Å². The van der Waals surface area contributed by atoms with Crippen LogP contribution in [0.4, 0.5) is 4.39 Å². The third kappa shape index (κ3) is 3.17. The second-order valence-electron chi connectivity index (χ2n) is 6.24. The lowest BCUT2D eigenvalue weighted by Crippen LogP contribution is -2.37. The predicted octanol–water partition coefficient (Wildman–Crippen LogP) is 1.66. The average Bonchev–Trinajstić information content (AvgIpc) is 3.29. The summed E-state index contributed by atoms with van der Waals surface area (Å²) < 4.78 is 17.9. The molecular weight excluding hydrogens is 321 g/mol. The largest absolute Gasteiger partial charge is 0.313 e. The van der Waals surface area contributed by atoms with Gasteiger partial charge in [-0.25, -0.2) is 14.1 Å². The van der Waals surface area contributed by atoms with Crippen molar-refractivity contribution in [3.05, 3.63) is 53.9 Å². The van der Waals surface area contributed by atoms with Crippen LogP contribution < -0.4 is 5.32 Å². The van der Waals surface area contributed by atoms with Gasteiger partial charge in [0.1, 0.15) is 35.8 Å². The number of nitrogens with zero attached hydrogens (tertiary/aromatic N) is 6. The fourth-order valence-electron chi connectivity index (χ4n) is 3.25. The Labute approximate surface area is 144 Å². The van der Waals surface area contributed by atoms with Crippen LogP contribution in [-0.4, -0.2) is 35.6 Å². The number of hydrogen-bond donors (Lipinski definition) is 1. The van der Waals surface area contributed by atoms with E-state index in [1.807, 2.05) is 6.07 Å². The molecule has 0 fully saturated rings. The highest BCUT2D eigenvalue weighted by molar-refractivity contribution is 5.35. The molecule has 0 saturated carbocycles.